The van der Waals surface area contributed by atoms with Gasteiger partial charge in [0.1, 0.15) is 0 Å². The van der Waals surface area contributed by atoms with Crippen molar-refractivity contribution in [2.24, 2.45) is 11.7 Å². The molecule has 0 aromatic rings. The molecular weight excluding hydrogens is 188 g/mol. The fourth-order valence-corrected chi connectivity index (χ4v) is 2.37. The third kappa shape index (κ3) is 2.92. The van der Waals surface area contributed by atoms with Gasteiger partial charge in [0.15, 0.2) is 0 Å². The van der Waals surface area contributed by atoms with E-state index in [2.05, 4.69) is 18.7 Å². The summed E-state index contributed by atoms with van der Waals surface area (Å²) in [5, 5.41) is 0. The highest BCUT2D eigenvalue weighted by Gasteiger charge is 2.32. The number of nitrogens with two attached hydrogens (primary N) is 1. The first-order valence-electron chi connectivity index (χ1n) is 6.18. The van der Waals surface area contributed by atoms with Crippen LogP contribution in [0.15, 0.2) is 0 Å². The van der Waals surface area contributed by atoms with Crippen LogP contribution in [-0.4, -0.2) is 42.8 Å². The minimum Gasteiger partial charge on any atom is -0.378 e. The van der Waals surface area contributed by atoms with Gasteiger partial charge in [0.2, 0.25) is 0 Å². The van der Waals surface area contributed by atoms with Gasteiger partial charge < -0.3 is 10.5 Å². The van der Waals surface area contributed by atoms with Crippen LogP contribution in [0.25, 0.3) is 0 Å². The van der Waals surface area contributed by atoms with Crippen LogP contribution < -0.4 is 5.73 Å². The molecule has 15 heavy (non-hydrogen) atoms. The summed E-state index contributed by atoms with van der Waals surface area (Å²) < 4.78 is 5.51. The van der Waals surface area contributed by atoms with Gasteiger partial charge >= 0.3 is 0 Å². The minimum absolute atomic E-state index is 0.196. The predicted octanol–water partition coefficient (Wildman–Crippen LogP) is 1.22. The molecule has 1 unspecified atom stereocenters. The van der Waals surface area contributed by atoms with E-state index in [9.17, 15) is 0 Å². The molecule has 1 saturated heterocycles. The fourth-order valence-electron chi connectivity index (χ4n) is 2.37. The smallest absolute Gasteiger partial charge is 0.0645 e. The lowest BCUT2D eigenvalue weighted by atomic mass is 10.0. The summed E-state index contributed by atoms with van der Waals surface area (Å²) in [6, 6.07) is 0.434. The summed E-state index contributed by atoms with van der Waals surface area (Å²) in [7, 11) is 0. The van der Waals surface area contributed by atoms with Crippen LogP contribution in [0.1, 0.15) is 33.1 Å². The summed E-state index contributed by atoms with van der Waals surface area (Å²) in [5.41, 5.74) is 6.32. The van der Waals surface area contributed by atoms with Gasteiger partial charge in [-0.3, -0.25) is 4.90 Å². The Kier molecular flexibility index (Phi) is 3.33. The molecule has 88 valence electrons. The molecule has 1 saturated carbocycles. The first-order valence-corrected chi connectivity index (χ1v) is 6.18. The van der Waals surface area contributed by atoms with Crippen molar-refractivity contribution in [2.75, 3.05) is 26.3 Å². The number of hydrogen-bond acceptors (Lipinski definition) is 3. The van der Waals surface area contributed by atoms with E-state index in [4.69, 9.17) is 10.5 Å². The molecule has 1 aliphatic carbocycles. The van der Waals surface area contributed by atoms with Crippen LogP contribution >= 0.6 is 0 Å². The Morgan fingerprint density at radius 2 is 2.20 bits per heavy atom. The Balaban J connectivity index is 1.76. The van der Waals surface area contributed by atoms with Gasteiger partial charge in [-0.1, -0.05) is 0 Å². The Hall–Kier alpha value is -0.120. The molecule has 1 atom stereocenters. The molecule has 3 nitrogen and oxygen atoms in total. The topological polar surface area (TPSA) is 38.5 Å². The maximum atomic E-state index is 6.13. The zero-order chi connectivity index (χ0) is 10.9. The molecule has 0 radical (unpaired) electrons. The van der Waals surface area contributed by atoms with E-state index < -0.39 is 0 Å². The molecular formula is C12H24N2O. The Bertz CT molecular complexity index is 214. The second-order valence-electron chi connectivity index (χ2n) is 5.64. The molecule has 0 amide bonds. The third-order valence-electron chi connectivity index (χ3n) is 3.78. The quantitative estimate of drug-likeness (QED) is 0.761. The van der Waals surface area contributed by atoms with Crippen LogP contribution in [0.2, 0.25) is 0 Å². The fraction of sp³-hybridized carbons (Fsp3) is 1.00. The predicted molar refractivity (Wildman–Crippen MR) is 61.8 cm³/mol. The summed E-state index contributed by atoms with van der Waals surface area (Å²) in [6.07, 6.45) is 3.86. The summed E-state index contributed by atoms with van der Waals surface area (Å²) in [4.78, 5) is 2.53. The van der Waals surface area contributed by atoms with Gasteiger partial charge in [0, 0.05) is 24.7 Å². The molecule has 0 spiro atoms. The van der Waals surface area contributed by atoms with E-state index in [1.807, 2.05) is 0 Å². The Labute approximate surface area is 93.0 Å². The van der Waals surface area contributed by atoms with E-state index in [-0.39, 0.29) is 5.54 Å². The third-order valence-corrected chi connectivity index (χ3v) is 3.78. The van der Waals surface area contributed by atoms with Crippen molar-refractivity contribution >= 4 is 0 Å². The minimum atomic E-state index is 0.196. The van der Waals surface area contributed by atoms with Crippen LogP contribution in [0.4, 0.5) is 0 Å². The van der Waals surface area contributed by atoms with Crippen LogP contribution in [-0.2, 0) is 4.74 Å². The zero-order valence-corrected chi connectivity index (χ0v) is 10.0. The lowest BCUT2D eigenvalue weighted by Gasteiger charge is -2.42. The maximum absolute atomic E-state index is 6.13. The molecule has 3 heteroatoms. The van der Waals surface area contributed by atoms with Gasteiger partial charge in [-0.05, 0) is 39.0 Å². The highest BCUT2D eigenvalue weighted by Crippen LogP contribution is 2.33. The normalized spacial score (nSPS) is 29.0. The molecule has 0 aromatic carbocycles. The molecule has 1 heterocycles. The van der Waals surface area contributed by atoms with Gasteiger partial charge in [-0.25, -0.2) is 0 Å². The zero-order valence-electron chi connectivity index (χ0n) is 10.0. The van der Waals surface area contributed by atoms with Crippen LogP contribution in [0, 0.1) is 5.92 Å². The SMILES string of the molecule is CC1(C)COCCN1CCC(N)C1CC1. The molecule has 2 aliphatic rings. The molecule has 2 N–H and O–H groups in total. The number of rotatable bonds is 4. The second kappa shape index (κ2) is 4.40. The van der Waals surface area contributed by atoms with Crippen LogP contribution in [0.3, 0.4) is 0 Å². The first kappa shape index (κ1) is 11.4. The molecule has 2 rings (SSSR count). The van der Waals surface area contributed by atoms with Gasteiger partial charge in [0.25, 0.3) is 0 Å². The number of hydrogen-bond donors (Lipinski definition) is 1. The largest absolute Gasteiger partial charge is 0.378 e. The van der Waals surface area contributed by atoms with E-state index in [0.717, 1.165) is 38.6 Å². The van der Waals surface area contributed by atoms with Crippen molar-refractivity contribution < 1.29 is 4.74 Å². The first-order chi connectivity index (χ1) is 7.09. The van der Waals surface area contributed by atoms with Crippen molar-refractivity contribution in [1.82, 2.24) is 4.90 Å². The maximum Gasteiger partial charge on any atom is 0.0645 e. The van der Waals surface area contributed by atoms with Gasteiger partial charge in [-0.2, -0.15) is 0 Å². The molecule has 0 bridgehead atoms. The van der Waals surface area contributed by atoms with E-state index >= 15 is 0 Å². The van der Waals surface area contributed by atoms with Gasteiger partial charge in [-0.15, -0.1) is 0 Å². The summed E-state index contributed by atoms with van der Waals surface area (Å²) in [6.45, 7) is 8.44. The van der Waals surface area contributed by atoms with Crippen molar-refractivity contribution in [1.29, 1.82) is 0 Å². The van der Waals surface area contributed by atoms with Crippen molar-refractivity contribution in [2.45, 2.75) is 44.7 Å². The summed E-state index contributed by atoms with van der Waals surface area (Å²) in [5.74, 6) is 0.828. The average molecular weight is 212 g/mol. The van der Waals surface area contributed by atoms with Crippen LogP contribution in [0.5, 0.6) is 0 Å². The lowest BCUT2D eigenvalue weighted by Crippen LogP contribution is -2.53. The molecule has 0 aromatic heterocycles. The highest BCUT2D eigenvalue weighted by atomic mass is 16.5. The summed E-state index contributed by atoms with van der Waals surface area (Å²) >= 11 is 0. The Morgan fingerprint density at radius 1 is 1.47 bits per heavy atom. The van der Waals surface area contributed by atoms with Crippen molar-refractivity contribution in [3.63, 3.8) is 0 Å². The molecule has 1 aliphatic heterocycles. The Morgan fingerprint density at radius 3 is 2.80 bits per heavy atom. The number of morpholine rings is 1. The van der Waals surface area contributed by atoms with E-state index in [0.29, 0.717) is 6.04 Å². The average Bonchev–Trinajstić information content (AvgIpc) is 2.98. The number of ether oxygens (including phenoxy) is 1. The van der Waals surface area contributed by atoms with Gasteiger partial charge in [0.05, 0.1) is 13.2 Å². The lowest BCUT2D eigenvalue weighted by molar-refractivity contribution is -0.0519. The number of nitrogens with zero attached hydrogens (tertiary/aromatic N) is 1. The highest BCUT2D eigenvalue weighted by molar-refractivity contribution is 4.88. The molecule has 2 fully saturated rings. The van der Waals surface area contributed by atoms with Crippen molar-refractivity contribution in [3.8, 4) is 0 Å². The van der Waals surface area contributed by atoms with E-state index in [1.54, 1.807) is 0 Å². The monoisotopic (exact) mass is 212 g/mol. The second-order valence-corrected chi connectivity index (χ2v) is 5.64. The standard InChI is InChI=1S/C12H24N2O/c1-12(2)9-15-8-7-14(12)6-5-11(13)10-3-4-10/h10-11H,3-9,13H2,1-2H3. The van der Waals surface area contributed by atoms with E-state index in [1.165, 1.54) is 12.8 Å². The van der Waals surface area contributed by atoms with Crippen molar-refractivity contribution in [3.05, 3.63) is 0 Å².